The Labute approximate surface area is 115 Å². The monoisotopic (exact) mass is 284 g/mol. The molecule has 2 atom stereocenters. The average Bonchev–Trinajstić information content (AvgIpc) is 2.41. The van der Waals surface area contributed by atoms with Gasteiger partial charge in [-0.3, -0.25) is 15.0 Å². The molecule has 2 unspecified atom stereocenters. The lowest BCUT2D eigenvalue weighted by atomic mass is 10.1. The van der Waals surface area contributed by atoms with Crippen LogP contribution in [0.1, 0.15) is 12.5 Å². The van der Waals surface area contributed by atoms with Gasteiger partial charge in [-0.2, -0.15) is 4.39 Å². The minimum absolute atomic E-state index is 0.0577. The highest BCUT2D eigenvalue weighted by molar-refractivity contribution is 5.35. The number of aliphatic hydroxyl groups excluding tert-OH is 1. The molecule has 2 rings (SSSR count). The van der Waals surface area contributed by atoms with Gasteiger partial charge < -0.3 is 9.84 Å². The molecule has 0 saturated carbocycles. The molecule has 1 N–H and O–H groups in total. The number of rotatable bonds is 4. The summed E-state index contributed by atoms with van der Waals surface area (Å²) in [7, 11) is 0. The van der Waals surface area contributed by atoms with Gasteiger partial charge in [-0.15, -0.1) is 0 Å². The summed E-state index contributed by atoms with van der Waals surface area (Å²) < 4.78 is 19.0. The van der Waals surface area contributed by atoms with E-state index in [1.54, 1.807) is 6.07 Å². The Morgan fingerprint density at radius 3 is 2.95 bits per heavy atom. The minimum Gasteiger partial charge on any atom is -0.394 e. The maximum Gasteiger partial charge on any atom is 0.304 e. The fourth-order valence-corrected chi connectivity index (χ4v) is 2.24. The summed E-state index contributed by atoms with van der Waals surface area (Å²) in [5.41, 5.74) is 0.149. The largest absolute Gasteiger partial charge is 0.394 e. The Morgan fingerprint density at radius 1 is 1.60 bits per heavy atom. The van der Waals surface area contributed by atoms with Gasteiger partial charge in [-0.05, 0) is 18.6 Å². The maximum atomic E-state index is 13.6. The molecule has 1 fully saturated rings. The fraction of sp³-hybridized carbons (Fsp3) is 0.538. The van der Waals surface area contributed by atoms with Crippen LogP contribution in [0.4, 0.5) is 10.1 Å². The van der Waals surface area contributed by atoms with Crippen LogP contribution in [0.2, 0.25) is 0 Å². The predicted molar refractivity (Wildman–Crippen MR) is 69.8 cm³/mol. The van der Waals surface area contributed by atoms with E-state index in [9.17, 15) is 14.5 Å². The topological polar surface area (TPSA) is 75.8 Å². The van der Waals surface area contributed by atoms with Gasteiger partial charge in [0.15, 0.2) is 0 Å². The number of morpholine rings is 1. The van der Waals surface area contributed by atoms with Crippen molar-refractivity contribution in [1.82, 2.24) is 4.90 Å². The van der Waals surface area contributed by atoms with Gasteiger partial charge in [0.25, 0.3) is 0 Å². The van der Waals surface area contributed by atoms with Crippen molar-refractivity contribution >= 4 is 5.69 Å². The quantitative estimate of drug-likeness (QED) is 0.666. The van der Waals surface area contributed by atoms with Crippen LogP contribution in [0.25, 0.3) is 0 Å². The van der Waals surface area contributed by atoms with E-state index < -0.39 is 16.4 Å². The highest BCUT2D eigenvalue weighted by Gasteiger charge is 2.26. The molecule has 6 nitrogen and oxygen atoms in total. The van der Waals surface area contributed by atoms with Crippen molar-refractivity contribution < 1.29 is 19.2 Å². The third-order valence-corrected chi connectivity index (χ3v) is 3.43. The first-order chi connectivity index (χ1) is 9.51. The zero-order valence-electron chi connectivity index (χ0n) is 11.2. The predicted octanol–water partition coefficient (Wildman–Crippen LogP) is 1.32. The van der Waals surface area contributed by atoms with Crippen LogP contribution < -0.4 is 0 Å². The van der Waals surface area contributed by atoms with E-state index >= 15 is 0 Å². The summed E-state index contributed by atoms with van der Waals surface area (Å²) in [4.78, 5) is 11.9. The van der Waals surface area contributed by atoms with Crippen molar-refractivity contribution in [2.75, 3.05) is 19.8 Å². The third kappa shape index (κ3) is 3.30. The molecule has 7 heteroatoms. The molecule has 0 spiro atoms. The lowest BCUT2D eigenvalue weighted by Gasteiger charge is -2.37. The highest BCUT2D eigenvalue weighted by atomic mass is 19.1. The fourth-order valence-electron chi connectivity index (χ4n) is 2.24. The standard InChI is InChI=1S/C13H17FN2O4/c1-9-8-20-11(7-17)6-15(9)5-10-2-3-13(16(18)19)12(14)4-10/h2-4,9,11,17H,5-8H2,1H3. The Hall–Kier alpha value is -1.57. The molecule has 0 aliphatic carbocycles. The van der Waals surface area contributed by atoms with Gasteiger partial charge >= 0.3 is 5.69 Å². The first-order valence-corrected chi connectivity index (χ1v) is 6.40. The van der Waals surface area contributed by atoms with Gasteiger partial charge in [0.2, 0.25) is 5.82 Å². The molecule has 1 aromatic carbocycles. The van der Waals surface area contributed by atoms with E-state index in [-0.39, 0.29) is 18.8 Å². The number of nitro benzene ring substituents is 1. The summed E-state index contributed by atoms with van der Waals surface area (Å²) in [6.07, 6.45) is -0.242. The van der Waals surface area contributed by atoms with Crippen LogP contribution in [0.3, 0.4) is 0 Å². The van der Waals surface area contributed by atoms with Crippen molar-refractivity contribution in [3.63, 3.8) is 0 Å². The van der Waals surface area contributed by atoms with Gasteiger partial charge in [0.1, 0.15) is 0 Å². The summed E-state index contributed by atoms with van der Waals surface area (Å²) >= 11 is 0. The van der Waals surface area contributed by atoms with E-state index in [4.69, 9.17) is 9.84 Å². The van der Waals surface area contributed by atoms with E-state index in [1.807, 2.05) is 6.92 Å². The second-order valence-electron chi connectivity index (χ2n) is 4.96. The van der Waals surface area contributed by atoms with Crippen LogP contribution in [0, 0.1) is 15.9 Å². The number of benzene rings is 1. The van der Waals surface area contributed by atoms with Crippen LogP contribution >= 0.6 is 0 Å². The molecular weight excluding hydrogens is 267 g/mol. The zero-order valence-corrected chi connectivity index (χ0v) is 11.2. The molecule has 20 heavy (non-hydrogen) atoms. The molecule has 0 aromatic heterocycles. The van der Waals surface area contributed by atoms with Gasteiger partial charge in [0, 0.05) is 25.2 Å². The smallest absolute Gasteiger partial charge is 0.304 e. The average molecular weight is 284 g/mol. The van der Waals surface area contributed by atoms with Crippen molar-refractivity contribution in [2.24, 2.45) is 0 Å². The summed E-state index contributed by atoms with van der Waals surface area (Å²) in [5.74, 6) is -0.827. The maximum absolute atomic E-state index is 13.6. The zero-order chi connectivity index (χ0) is 14.7. The summed E-state index contributed by atoms with van der Waals surface area (Å²) in [6, 6.07) is 4.07. The molecular formula is C13H17FN2O4. The lowest BCUT2D eigenvalue weighted by Crippen LogP contribution is -2.48. The number of halogens is 1. The molecule has 0 amide bonds. The molecule has 110 valence electrons. The third-order valence-electron chi connectivity index (χ3n) is 3.43. The van der Waals surface area contributed by atoms with E-state index in [0.29, 0.717) is 25.3 Å². The molecule has 1 aliphatic rings. The summed E-state index contributed by atoms with van der Waals surface area (Å²) in [5, 5.41) is 19.7. The Kier molecular flexibility index (Phi) is 4.64. The number of nitro groups is 1. The number of hydrogen-bond acceptors (Lipinski definition) is 5. The highest BCUT2D eigenvalue weighted by Crippen LogP contribution is 2.21. The molecule has 1 aliphatic heterocycles. The van der Waals surface area contributed by atoms with Gasteiger partial charge in [0.05, 0.1) is 24.2 Å². The van der Waals surface area contributed by atoms with Crippen molar-refractivity contribution in [3.05, 3.63) is 39.7 Å². The number of hydrogen-bond donors (Lipinski definition) is 1. The van der Waals surface area contributed by atoms with E-state index in [0.717, 1.165) is 0 Å². The van der Waals surface area contributed by atoms with Crippen LogP contribution in [-0.4, -0.2) is 46.8 Å². The van der Waals surface area contributed by atoms with Crippen molar-refractivity contribution in [1.29, 1.82) is 0 Å². The second-order valence-corrected chi connectivity index (χ2v) is 4.96. The molecule has 1 heterocycles. The Balaban J connectivity index is 2.09. The number of nitrogens with zero attached hydrogens (tertiary/aromatic N) is 2. The first kappa shape index (κ1) is 14.8. The Morgan fingerprint density at radius 2 is 2.35 bits per heavy atom. The second kappa shape index (κ2) is 6.25. The van der Waals surface area contributed by atoms with Gasteiger partial charge in [-0.1, -0.05) is 6.07 Å². The molecule has 1 aromatic rings. The molecule has 1 saturated heterocycles. The minimum atomic E-state index is -0.827. The van der Waals surface area contributed by atoms with E-state index in [2.05, 4.69) is 4.90 Å². The van der Waals surface area contributed by atoms with Crippen molar-refractivity contribution in [3.8, 4) is 0 Å². The SMILES string of the molecule is CC1COC(CO)CN1Cc1ccc([N+](=O)[O-])c(F)c1. The normalized spacial score (nSPS) is 23.8. The summed E-state index contributed by atoms with van der Waals surface area (Å²) in [6.45, 7) is 3.44. The molecule has 0 radical (unpaired) electrons. The van der Waals surface area contributed by atoms with E-state index in [1.165, 1.54) is 12.1 Å². The Bertz CT molecular complexity index is 497. The van der Waals surface area contributed by atoms with Crippen LogP contribution in [0.15, 0.2) is 18.2 Å². The molecule has 0 bridgehead atoms. The number of aliphatic hydroxyl groups is 1. The first-order valence-electron chi connectivity index (χ1n) is 6.40. The van der Waals surface area contributed by atoms with Crippen LogP contribution in [0.5, 0.6) is 0 Å². The van der Waals surface area contributed by atoms with Crippen LogP contribution in [-0.2, 0) is 11.3 Å². The lowest BCUT2D eigenvalue weighted by molar-refractivity contribution is -0.387. The van der Waals surface area contributed by atoms with Gasteiger partial charge in [-0.25, -0.2) is 0 Å². The van der Waals surface area contributed by atoms with Crippen molar-refractivity contribution in [2.45, 2.75) is 25.6 Å². The number of ether oxygens (including phenoxy) is 1.